The molecule has 0 saturated heterocycles. The van der Waals surface area contributed by atoms with E-state index in [9.17, 15) is 18.4 Å². The molecule has 0 aromatic heterocycles. The number of carbonyl (C=O) groups is 2. The maximum absolute atomic E-state index is 13.1. The summed E-state index contributed by atoms with van der Waals surface area (Å²) in [6.07, 6.45) is -1.73. The van der Waals surface area contributed by atoms with E-state index >= 15 is 0 Å². The number of ether oxygens (including phenoxy) is 1. The number of amides is 1. The molecule has 22 heavy (non-hydrogen) atoms. The summed E-state index contributed by atoms with van der Waals surface area (Å²) in [5, 5.41) is 10.8. The summed E-state index contributed by atoms with van der Waals surface area (Å²) >= 11 is 5.89. The number of hydrogen-bond acceptors (Lipinski definition) is 3. The van der Waals surface area contributed by atoms with Gasteiger partial charge in [-0.1, -0.05) is 17.7 Å². The predicted octanol–water partition coefficient (Wildman–Crippen LogP) is 3.95. The molecule has 0 spiro atoms. The smallest absolute Gasteiger partial charge is 0.412 e. The second kappa shape index (κ2) is 6.48. The Morgan fingerprint density at radius 3 is 2.36 bits per heavy atom. The molecule has 0 radical (unpaired) electrons. The molecule has 0 heterocycles. The highest BCUT2D eigenvalue weighted by molar-refractivity contribution is 6.33. The number of nitrogens with one attached hydrogen (secondary N) is 1. The third-order valence-electron chi connectivity index (χ3n) is 2.41. The number of hydrogen-bond donors (Lipinski definition) is 2. The van der Waals surface area contributed by atoms with E-state index in [0.717, 1.165) is 0 Å². The Morgan fingerprint density at radius 1 is 1.32 bits per heavy atom. The van der Waals surface area contributed by atoms with E-state index in [1.54, 1.807) is 20.8 Å². The second-order valence-electron chi connectivity index (χ2n) is 5.63. The van der Waals surface area contributed by atoms with Crippen molar-refractivity contribution in [2.24, 2.45) is 0 Å². The highest BCUT2D eigenvalue weighted by Gasteiger charge is 2.38. The van der Waals surface area contributed by atoms with Crippen LogP contribution < -0.4 is 5.32 Å². The molecule has 1 amide bonds. The van der Waals surface area contributed by atoms with Crippen LogP contribution in [-0.4, -0.2) is 28.7 Å². The number of benzene rings is 1. The van der Waals surface area contributed by atoms with E-state index < -0.39 is 30.0 Å². The highest BCUT2D eigenvalue weighted by atomic mass is 35.5. The van der Waals surface area contributed by atoms with Gasteiger partial charge in [-0.05, 0) is 38.5 Å². The van der Waals surface area contributed by atoms with Crippen LogP contribution in [0.3, 0.4) is 0 Å². The number of anilines is 1. The molecule has 0 bridgehead atoms. The maximum Gasteiger partial charge on any atom is 0.412 e. The third-order valence-corrected chi connectivity index (χ3v) is 2.72. The Hall–Kier alpha value is -1.89. The van der Waals surface area contributed by atoms with Gasteiger partial charge in [-0.2, -0.15) is 8.78 Å². The molecular formula is C14H16ClF2NO4. The van der Waals surface area contributed by atoms with E-state index in [0.29, 0.717) is 0 Å². The van der Waals surface area contributed by atoms with Crippen molar-refractivity contribution >= 4 is 29.4 Å². The van der Waals surface area contributed by atoms with E-state index in [-0.39, 0.29) is 16.3 Å². The lowest BCUT2D eigenvalue weighted by Gasteiger charge is -2.20. The number of aliphatic carboxylic acids is 1. The van der Waals surface area contributed by atoms with Crippen LogP contribution in [0.1, 0.15) is 26.3 Å². The van der Waals surface area contributed by atoms with Gasteiger partial charge in [0.05, 0.1) is 10.7 Å². The molecule has 8 heteroatoms. The number of carboxylic acid groups (broad SMARTS) is 1. The van der Waals surface area contributed by atoms with Crippen LogP contribution >= 0.6 is 11.6 Å². The van der Waals surface area contributed by atoms with Crippen LogP contribution in [-0.2, 0) is 16.0 Å². The first kappa shape index (κ1) is 18.2. The molecule has 1 aromatic carbocycles. The number of halogens is 3. The fraction of sp³-hybridized carbons (Fsp3) is 0.429. The van der Waals surface area contributed by atoms with E-state index in [1.807, 2.05) is 0 Å². The summed E-state index contributed by atoms with van der Waals surface area (Å²) in [4.78, 5) is 22.0. The van der Waals surface area contributed by atoms with E-state index in [1.165, 1.54) is 18.2 Å². The average molecular weight is 336 g/mol. The molecular weight excluding hydrogens is 320 g/mol. The van der Waals surface area contributed by atoms with Crippen LogP contribution in [0.4, 0.5) is 19.3 Å². The van der Waals surface area contributed by atoms with E-state index in [2.05, 4.69) is 5.32 Å². The third kappa shape index (κ3) is 5.48. The summed E-state index contributed by atoms with van der Waals surface area (Å²) in [6.45, 7) is 5.06. The van der Waals surface area contributed by atoms with Gasteiger partial charge in [-0.15, -0.1) is 0 Å². The first-order valence-corrected chi connectivity index (χ1v) is 6.68. The lowest BCUT2D eigenvalue weighted by molar-refractivity contribution is -0.164. The average Bonchev–Trinajstić information content (AvgIpc) is 2.29. The van der Waals surface area contributed by atoms with E-state index in [4.69, 9.17) is 21.4 Å². The lowest BCUT2D eigenvalue weighted by atomic mass is 10.1. The molecule has 0 saturated carbocycles. The van der Waals surface area contributed by atoms with Crippen molar-refractivity contribution in [1.82, 2.24) is 0 Å². The first-order valence-electron chi connectivity index (χ1n) is 6.30. The molecule has 0 unspecified atom stereocenters. The van der Waals surface area contributed by atoms with Crippen LogP contribution in [0.2, 0.25) is 5.02 Å². The minimum Gasteiger partial charge on any atom is -0.477 e. The van der Waals surface area contributed by atoms with Gasteiger partial charge in [-0.3, -0.25) is 5.32 Å². The highest BCUT2D eigenvalue weighted by Crippen LogP contribution is 2.27. The fourth-order valence-electron chi connectivity index (χ4n) is 1.52. The van der Waals surface area contributed by atoms with Crippen LogP contribution in [0, 0.1) is 0 Å². The molecule has 1 aromatic rings. The molecule has 122 valence electrons. The van der Waals surface area contributed by atoms with Gasteiger partial charge in [0.2, 0.25) is 0 Å². The minimum atomic E-state index is -3.89. The molecule has 2 N–H and O–H groups in total. The lowest BCUT2D eigenvalue weighted by Crippen LogP contribution is -2.30. The van der Waals surface area contributed by atoms with Crippen molar-refractivity contribution in [3.05, 3.63) is 28.8 Å². The van der Waals surface area contributed by atoms with Gasteiger partial charge < -0.3 is 9.84 Å². The van der Waals surface area contributed by atoms with Crippen LogP contribution in [0.25, 0.3) is 0 Å². The summed E-state index contributed by atoms with van der Waals surface area (Å²) in [6, 6.07) is 3.74. The standard InChI is InChI=1S/C14H16ClF2NO4/c1-13(2,3)22-12(21)18-10-5-4-8(6-9(10)15)7-14(16,17)11(19)20/h4-6H,7H2,1-3H3,(H,18,21)(H,19,20). The minimum absolute atomic E-state index is 0.00421. The van der Waals surface area contributed by atoms with Crippen molar-refractivity contribution in [2.45, 2.75) is 38.7 Å². The summed E-state index contributed by atoms with van der Waals surface area (Å²) in [5.74, 6) is -6.09. The zero-order valence-corrected chi connectivity index (χ0v) is 13.0. The molecule has 5 nitrogen and oxygen atoms in total. The predicted molar refractivity (Wildman–Crippen MR) is 77.6 cm³/mol. The number of carboxylic acids is 1. The topological polar surface area (TPSA) is 75.6 Å². The largest absolute Gasteiger partial charge is 0.477 e. The molecule has 0 aliphatic heterocycles. The molecule has 0 fully saturated rings. The van der Waals surface area contributed by atoms with Gasteiger partial charge in [0, 0.05) is 6.42 Å². The van der Waals surface area contributed by atoms with Crippen molar-refractivity contribution in [1.29, 1.82) is 0 Å². The Bertz CT molecular complexity index is 585. The van der Waals surface area contributed by atoms with Gasteiger partial charge in [0.15, 0.2) is 0 Å². The first-order chi connectivity index (χ1) is 9.90. The summed E-state index contributed by atoms with van der Waals surface area (Å²) in [7, 11) is 0. The molecule has 1 rings (SSSR count). The Kier molecular flexibility index (Phi) is 5.35. The zero-order chi connectivity index (χ0) is 17.1. The maximum atomic E-state index is 13.1. The van der Waals surface area contributed by atoms with Gasteiger partial charge in [-0.25, -0.2) is 9.59 Å². The Morgan fingerprint density at radius 2 is 1.91 bits per heavy atom. The Balaban J connectivity index is 2.82. The van der Waals surface area contributed by atoms with Crippen molar-refractivity contribution in [3.63, 3.8) is 0 Å². The quantitative estimate of drug-likeness (QED) is 0.873. The van der Waals surface area contributed by atoms with Crippen molar-refractivity contribution in [2.75, 3.05) is 5.32 Å². The molecule has 0 aliphatic rings. The molecule has 0 atom stereocenters. The Labute approximate surface area is 131 Å². The summed E-state index contributed by atoms with van der Waals surface area (Å²) < 4.78 is 31.3. The second-order valence-corrected chi connectivity index (χ2v) is 6.03. The summed E-state index contributed by atoms with van der Waals surface area (Å²) in [5.41, 5.74) is -0.481. The monoisotopic (exact) mass is 335 g/mol. The van der Waals surface area contributed by atoms with Crippen LogP contribution in [0.5, 0.6) is 0 Å². The zero-order valence-electron chi connectivity index (χ0n) is 12.2. The van der Waals surface area contributed by atoms with Crippen molar-refractivity contribution in [3.8, 4) is 0 Å². The van der Waals surface area contributed by atoms with Gasteiger partial charge in [0.25, 0.3) is 0 Å². The van der Waals surface area contributed by atoms with Gasteiger partial charge in [0.1, 0.15) is 5.60 Å². The molecule has 0 aliphatic carbocycles. The normalized spacial score (nSPS) is 11.9. The van der Waals surface area contributed by atoms with Crippen LogP contribution in [0.15, 0.2) is 18.2 Å². The SMILES string of the molecule is CC(C)(C)OC(=O)Nc1ccc(CC(F)(F)C(=O)O)cc1Cl. The van der Waals surface area contributed by atoms with Gasteiger partial charge >= 0.3 is 18.0 Å². The number of rotatable bonds is 4. The number of alkyl halides is 2. The fourth-order valence-corrected chi connectivity index (χ4v) is 1.77. The number of carbonyl (C=O) groups excluding carboxylic acids is 1. The van der Waals surface area contributed by atoms with Crippen molar-refractivity contribution < 1.29 is 28.2 Å².